The Morgan fingerprint density at radius 2 is 1.96 bits per heavy atom. The number of nitrogens with one attached hydrogen (secondary N) is 3. The van der Waals surface area contributed by atoms with E-state index in [1.807, 2.05) is 0 Å². The summed E-state index contributed by atoms with van der Waals surface area (Å²) in [6.07, 6.45) is 1.60. The lowest BCUT2D eigenvalue weighted by Gasteiger charge is -2.03. The van der Waals surface area contributed by atoms with Crippen molar-refractivity contribution in [3.63, 3.8) is 0 Å². The van der Waals surface area contributed by atoms with Crippen LogP contribution < -0.4 is 16.7 Å². The zero-order chi connectivity index (χ0) is 16.8. The fraction of sp³-hybridized carbons (Fsp3) is 0.200. The van der Waals surface area contributed by atoms with E-state index in [4.69, 9.17) is 0 Å². The summed E-state index contributed by atoms with van der Waals surface area (Å²) in [7, 11) is 0. The molecule has 3 N–H and O–H groups in total. The highest BCUT2D eigenvalue weighted by Gasteiger charge is 2.08. The number of aromatic nitrogens is 2. The van der Waals surface area contributed by atoms with Crippen molar-refractivity contribution in [1.82, 2.24) is 15.4 Å². The van der Waals surface area contributed by atoms with Crippen LogP contribution in [-0.2, 0) is 11.2 Å². The standard InChI is InChI=1S/C15H15FN4O3/c1-9-12(14(22)19-15(23)18-9)6-7-13(21)20-17-8-10-2-4-11(16)5-3-10/h2-5,8H,6-7H2,1H3,(H,20,21)(H2,18,19,22,23)/b17-8+. The first-order chi connectivity index (χ1) is 11.0. The fourth-order valence-electron chi connectivity index (χ4n) is 1.95. The van der Waals surface area contributed by atoms with E-state index in [0.717, 1.165) is 0 Å². The fourth-order valence-corrected chi connectivity index (χ4v) is 1.95. The SMILES string of the molecule is Cc1[nH]c(=O)[nH]c(=O)c1CCC(=O)N/N=C/c1ccc(F)cc1. The minimum Gasteiger partial charge on any atom is -0.311 e. The quantitative estimate of drug-likeness (QED) is 0.555. The number of aryl methyl sites for hydroxylation is 1. The van der Waals surface area contributed by atoms with Gasteiger partial charge in [-0.25, -0.2) is 14.6 Å². The predicted octanol–water partition coefficient (Wildman–Crippen LogP) is 0.594. The Morgan fingerprint density at radius 3 is 2.61 bits per heavy atom. The average Bonchev–Trinajstić information content (AvgIpc) is 2.48. The third kappa shape index (κ3) is 4.73. The van der Waals surface area contributed by atoms with E-state index in [2.05, 4.69) is 20.5 Å². The Bertz CT molecular complexity index is 837. The van der Waals surface area contributed by atoms with Crippen LogP contribution in [0.15, 0.2) is 39.0 Å². The van der Waals surface area contributed by atoms with E-state index in [0.29, 0.717) is 16.8 Å². The zero-order valence-corrected chi connectivity index (χ0v) is 12.4. The van der Waals surface area contributed by atoms with Crippen LogP contribution in [0.4, 0.5) is 4.39 Å². The number of carbonyl (C=O) groups excluding carboxylic acids is 1. The van der Waals surface area contributed by atoms with Gasteiger partial charge in [-0.2, -0.15) is 5.10 Å². The van der Waals surface area contributed by atoms with Gasteiger partial charge in [0.25, 0.3) is 5.56 Å². The van der Waals surface area contributed by atoms with Gasteiger partial charge in [0, 0.05) is 17.7 Å². The molecule has 1 heterocycles. The number of nitrogens with zero attached hydrogens (tertiary/aromatic N) is 1. The molecule has 0 atom stereocenters. The number of hydrogen-bond donors (Lipinski definition) is 3. The molecule has 8 heteroatoms. The summed E-state index contributed by atoms with van der Waals surface area (Å²) in [6.45, 7) is 1.59. The maximum atomic E-state index is 12.7. The second kappa shape index (κ2) is 7.30. The van der Waals surface area contributed by atoms with Crippen LogP contribution in [0.3, 0.4) is 0 Å². The summed E-state index contributed by atoms with van der Waals surface area (Å²) < 4.78 is 12.7. The van der Waals surface area contributed by atoms with Crippen LogP contribution in [0.2, 0.25) is 0 Å². The molecule has 7 nitrogen and oxygen atoms in total. The minimum absolute atomic E-state index is 0.0384. The zero-order valence-electron chi connectivity index (χ0n) is 12.4. The molecule has 2 aromatic rings. The highest BCUT2D eigenvalue weighted by atomic mass is 19.1. The molecule has 0 fully saturated rings. The molecule has 0 aliphatic carbocycles. The van der Waals surface area contributed by atoms with Crippen molar-refractivity contribution in [1.29, 1.82) is 0 Å². The van der Waals surface area contributed by atoms with E-state index >= 15 is 0 Å². The summed E-state index contributed by atoms with van der Waals surface area (Å²) in [5.41, 5.74) is 2.65. The summed E-state index contributed by atoms with van der Waals surface area (Å²) in [6, 6.07) is 5.62. The normalized spacial score (nSPS) is 10.9. The average molecular weight is 318 g/mol. The number of rotatable bonds is 5. The number of benzene rings is 1. The predicted molar refractivity (Wildman–Crippen MR) is 82.9 cm³/mol. The van der Waals surface area contributed by atoms with Gasteiger partial charge in [0.1, 0.15) is 5.82 Å². The molecular formula is C15H15FN4O3. The Balaban J connectivity index is 1.89. The molecular weight excluding hydrogens is 303 g/mol. The molecule has 1 amide bonds. The summed E-state index contributed by atoms with van der Waals surface area (Å²) in [5.74, 6) is -0.735. The molecule has 0 saturated heterocycles. The molecule has 0 unspecified atom stereocenters. The van der Waals surface area contributed by atoms with Gasteiger partial charge in [-0.3, -0.25) is 14.6 Å². The third-order valence-corrected chi connectivity index (χ3v) is 3.13. The van der Waals surface area contributed by atoms with Gasteiger partial charge in [0.05, 0.1) is 6.21 Å². The van der Waals surface area contributed by atoms with Gasteiger partial charge in [-0.1, -0.05) is 12.1 Å². The Hall–Kier alpha value is -3.03. The van der Waals surface area contributed by atoms with Crippen molar-refractivity contribution >= 4 is 12.1 Å². The Labute approximate surface area is 130 Å². The highest BCUT2D eigenvalue weighted by Crippen LogP contribution is 2.01. The van der Waals surface area contributed by atoms with E-state index in [9.17, 15) is 18.8 Å². The molecule has 2 rings (SSSR count). The number of H-pyrrole nitrogens is 2. The number of hydrogen-bond acceptors (Lipinski definition) is 4. The van der Waals surface area contributed by atoms with Gasteiger partial charge >= 0.3 is 5.69 Å². The second-order valence-corrected chi connectivity index (χ2v) is 4.86. The van der Waals surface area contributed by atoms with Crippen molar-refractivity contribution in [2.75, 3.05) is 0 Å². The monoisotopic (exact) mass is 318 g/mol. The van der Waals surface area contributed by atoms with E-state index in [1.54, 1.807) is 6.92 Å². The van der Waals surface area contributed by atoms with E-state index in [1.165, 1.54) is 30.5 Å². The highest BCUT2D eigenvalue weighted by molar-refractivity contribution is 5.82. The van der Waals surface area contributed by atoms with Crippen molar-refractivity contribution < 1.29 is 9.18 Å². The van der Waals surface area contributed by atoms with E-state index < -0.39 is 11.2 Å². The molecule has 0 saturated carbocycles. The first kappa shape index (κ1) is 16.3. The van der Waals surface area contributed by atoms with E-state index in [-0.39, 0.29) is 24.6 Å². The number of hydrazone groups is 1. The molecule has 0 radical (unpaired) electrons. The van der Waals surface area contributed by atoms with Gasteiger partial charge in [0.15, 0.2) is 0 Å². The number of halogens is 1. The lowest BCUT2D eigenvalue weighted by Crippen LogP contribution is -2.28. The molecule has 120 valence electrons. The van der Waals surface area contributed by atoms with Crippen molar-refractivity contribution in [2.24, 2.45) is 5.10 Å². The molecule has 0 aliphatic heterocycles. The van der Waals surface area contributed by atoms with Crippen LogP contribution in [0, 0.1) is 12.7 Å². The summed E-state index contributed by atoms with van der Waals surface area (Å²) in [4.78, 5) is 39.0. The Kier molecular flexibility index (Phi) is 5.19. The van der Waals surface area contributed by atoms with Gasteiger partial charge in [-0.15, -0.1) is 0 Å². The van der Waals surface area contributed by atoms with Gasteiger partial charge in [0.2, 0.25) is 5.91 Å². The molecule has 1 aromatic carbocycles. The first-order valence-electron chi connectivity index (χ1n) is 6.85. The van der Waals surface area contributed by atoms with Crippen molar-refractivity contribution in [3.05, 3.63) is 67.7 Å². The third-order valence-electron chi connectivity index (χ3n) is 3.13. The minimum atomic E-state index is -0.579. The molecule has 0 spiro atoms. The largest absolute Gasteiger partial charge is 0.325 e. The molecule has 0 aliphatic rings. The second-order valence-electron chi connectivity index (χ2n) is 4.86. The molecule has 1 aromatic heterocycles. The maximum absolute atomic E-state index is 12.7. The number of amides is 1. The smallest absolute Gasteiger partial charge is 0.311 e. The Morgan fingerprint density at radius 1 is 1.26 bits per heavy atom. The maximum Gasteiger partial charge on any atom is 0.325 e. The van der Waals surface area contributed by atoms with Crippen LogP contribution in [0.25, 0.3) is 0 Å². The van der Waals surface area contributed by atoms with Crippen LogP contribution in [0.5, 0.6) is 0 Å². The number of carbonyl (C=O) groups is 1. The molecule has 0 bridgehead atoms. The number of aromatic amines is 2. The first-order valence-corrected chi connectivity index (χ1v) is 6.85. The topological polar surface area (TPSA) is 107 Å². The van der Waals surface area contributed by atoms with Crippen molar-refractivity contribution in [2.45, 2.75) is 19.8 Å². The lowest BCUT2D eigenvalue weighted by atomic mass is 10.1. The lowest BCUT2D eigenvalue weighted by molar-refractivity contribution is -0.121. The summed E-state index contributed by atoms with van der Waals surface area (Å²) >= 11 is 0. The van der Waals surface area contributed by atoms with Crippen LogP contribution in [-0.4, -0.2) is 22.1 Å². The van der Waals surface area contributed by atoms with Crippen molar-refractivity contribution in [3.8, 4) is 0 Å². The van der Waals surface area contributed by atoms with Gasteiger partial charge < -0.3 is 4.98 Å². The summed E-state index contributed by atoms with van der Waals surface area (Å²) in [5, 5.41) is 3.75. The van der Waals surface area contributed by atoms with Gasteiger partial charge in [-0.05, 0) is 31.0 Å². The molecule has 23 heavy (non-hydrogen) atoms. The van der Waals surface area contributed by atoms with Crippen LogP contribution >= 0.6 is 0 Å². The van der Waals surface area contributed by atoms with Crippen LogP contribution in [0.1, 0.15) is 23.2 Å².